The number of nitrogens with one attached hydrogen (secondary N) is 1. The fraction of sp³-hybridized carbons (Fsp3) is 0.476. The molecule has 1 atom stereocenters. The highest BCUT2D eigenvalue weighted by atomic mass is 32.1. The standard InChI is InChI=1S/C21H26N2O3S/c1-5-26-19(25)14-8-11-16-17(12-14)27-20(22-16)23-18(24)13-6-9-15(10-7-13)21(2,3)4/h6-7,9-10,14H,5,8,11-12H2,1-4H3,(H,22,23,24). The molecule has 0 spiro atoms. The zero-order valence-electron chi connectivity index (χ0n) is 16.3. The number of thiazole rings is 1. The second-order valence-corrected chi connectivity index (χ2v) is 8.95. The number of hydrogen-bond acceptors (Lipinski definition) is 5. The summed E-state index contributed by atoms with van der Waals surface area (Å²) < 4.78 is 5.13. The van der Waals surface area contributed by atoms with Gasteiger partial charge in [-0.3, -0.25) is 14.9 Å². The molecule has 1 amide bonds. The Kier molecular flexibility index (Phi) is 5.65. The zero-order valence-corrected chi connectivity index (χ0v) is 17.1. The lowest BCUT2D eigenvalue weighted by molar-refractivity contribution is -0.148. The minimum atomic E-state index is -0.163. The second-order valence-electron chi connectivity index (χ2n) is 7.86. The highest BCUT2D eigenvalue weighted by molar-refractivity contribution is 7.15. The van der Waals surface area contributed by atoms with Crippen molar-refractivity contribution in [2.24, 2.45) is 5.92 Å². The van der Waals surface area contributed by atoms with Gasteiger partial charge in [0.05, 0.1) is 18.2 Å². The van der Waals surface area contributed by atoms with E-state index in [-0.39, 0.29) is 23.2 Å². The molecule has 0 bridgehead atoms. The minimum absolute atomic E-state index is 0.0544. The minimum Gasteiger partial charge on any atom is -0.466 e. The Bertz CT molecular complexity index is 834. The van der Waals surface area contributed by atoms with Crippen LogP contribution in [0.1, 0.15) is 60.6 Å². The van der Waals surface area contributed by atoms with Gasteiger partial charge in [0.2, 0.25) is 0 Å². The van der Waals surface area contributed by atoms with E-state index in [1.165, 1.54) is 16.9 Å². The van der Waals surface area contributed by atoms with Gasteiger partial charge in [-0.05, 0) is 49.3 Å². The van der Waals surface area contributed by atoms with Crippen LogP contribution in [0.15, 0.2) is 24.3 Å². The van der Waals surface area contributed by atoms with Gasteiger partial charge in [-0.1, -0.05) is 32.9 Å². The number of benzene rings is 1. The van der Waals surface area contributed by atoms with E-state index in [2.05, 4.69) is 31.1 Å². The average molecular weight is 387 g/mol. The number of anilines is 1. The molecule has 0 fully saturated rings. The van der Waals surface area contributed by atoms with E-state index in [1.807, 2.05) is 31.2 Å². The fourth-order valence-electron chi connectivity index (χ4n) is 3.18. The number of nitrogens with zero attached hydrogens (tertiary/aromatic N) is 1. The van der Waals surface area contributed by atoms with Crippen LogP contribution in [0.2, 0.25) is 0 Å². The smallest absolute Gasteiger partial charge is 0.309 e. The summed E-state index contributed by atoms with van der Waals surface area (Å²) in [5.41, 5.74) is 2.84. The van der Waals surface area contributed by atoms with E-state index in [0.717, 1.165) is 23.4 Å². The molecule has 0 aliphatic heterocycles. The quantitative estimate of drug-likeness (QED) is 0.793. The molecule has 1 unspecified atom stereocenters. The first-order valence-corrected chi connectivity index (χ1v) is 10.2. The number of rotatable bonds is 4. The van der Waals surface area contributed by atoms with Gasteiger partial charge < -0.3 is 4.74 Å². The third-order valence-corrected chi connectivity index (χ3v) is 5.83. The number of hydrogen-bond donors (Lipinski definition) is 1. The molecule has 0 radical (unpaired) electrons. The molecule has 1 heterocycles. The van der Waals surface area contributed by atoms with Crippen LogP contribution in [-0.4, -0.2) is 23.5 Å². The van der Waals surface area contributed by atoms with E-state index in [1.54, 1.807) is 0 Å². The molecule has 1 aliphatic carbocycles. The summed E-state index contributed by atoms with van der Waals surface area (Å²) in [5.74, 6) is -0.407. The van der Waals surface area contributed by atoms with Gasteiger partial charge in [0.1, 0.15) is 0 Å². The van der Waals surface area contributed by atoms with Crippen molar-refractivity contribution in [1.29, 1.82) is 0 Å². The normalized spacial score (nSPS) is 16.5. The molecule has 1 aromatic carbocycles. The van der Waals surface area contributed by atoms with Gasteiger partial charge in [-0.25, -0.2) is 4.98 Å². The predicted molar refractivity (Wildman–Crippen MR) is 107 cm³/mol. The van der Waals surface area contributed by atoms with Crippen LogP contribution >= 0.6 is 11.3 Å². The summed E-state index contributed by atoms with van der Waals surface area (Å²) in [6.45, 7) is 8.66. The number of aryl methyl sites for hydroxylation is 1. The molecular formula is C21H26N2O3S. The van der Waals surface area contributed by atoms with Gasteiger partial charge in [0.15, 0.2) is 5.13 Å². The van der Waals surface area contributed by atoms with Crippen LogP contribution in [0.25, 0.3) is 0 Å². The molecule has 1 aliphatic rings. The Labute approximate surface area is 164 Å². The molecule has 5 nitrogen and oxygen atoms in total. The molecule has 144 valence electrons. The Morgan fingerprint density at radius 2 is 1.96 bits per heavy atom. The number of fused-ring (bicyclic) bond motifs is 1. The van der Waals surface area contributed by atoms with Gasteiger partial charge in [0, 0.05) is 10.4 Å². The summed E-state index contributed by atoms with van der Waals surface area (Å²) in [7, 11) is 0. The number of amides is 1. The van der Waals surface area contributed by atoms with Crippen molar-refractivity contribution in [1.82, 2.24) is 4.98 Å². The molecule has 0 saturated heterocycles. The van der Waals surface area contributed by atoms with Crippen LogP contribution in [0.5, 0.6) is 0 Å². The molecule has 6 heteroatoms. The summed E-state index contributed by atoms with van der Waals surface area (Å²) >= 11 is 1.45. The summed E-state index contributed by atoms with van der Waals surface area (Å²) in [4.78, 5) is 30.1. The van der Waals surface area contributed by atoms with Gasteiger partial charge in [0.25, 0.3) is 5.91 Å². The Hall–Kier alpha value is -2.21. The first-order chi connectivity index (χ1) is 12.8. The maximum absolute atomic E-state index is 12.5. The fourth-order valence-corrected chi connectivity index (χ4v) is 4.26. The lowest BCUT2D eigenvalue weighted by Gasteiger charge is -2.18. The molecular weight excluding hydrogens is 360 g/mol. The number of carbonyl (C=O) groups is 2. The maximum atomic E-state index is 12.5. The first-order valence-electron chi connectivity index (χ1n) is 9.35. The van der Waals surface area contributed by atoms with E-state index in [4.69, 9.17) is 4.74 Å². The highest BCUT2D eigenvalue weighted by Crippen LogP contribution is 2.33. The number of aromatic nitrogens is 1. The van der Waals surface area contributed by atoms with E-state index in [9.17, 15) is 9.59 Å². The zero-order chi connectivity index (χ0) is 19.6. The lowest BCUT2D eigenvalue weighted by Crippen LogP contribution is -2.24. The van der Waals surface area contributed by atoms with Crippen molar-refractivity contribution >= 4 is 28.3 Å². The molecule has 1 N–H and O–H groups in total. The lowest BCUT2D eigenvalue weighted by atomic mass is 9.87. The highest BCUT2D eigenvalue weighted by Gasteiger charge is 2.28. The van der Waals surface area contributed by atoms with Crippen molar-refractivity contribution in [2.45, 2.75) is 52.4 Å². The topological polar surface area (TPSA) is 68.3 Å². The molecule has 1 aromatic heterocycles. The molecule has 3 rings (SSSR count). The van der Waals surface area contributed by atoms with Crippen LogP contribution in [0.4, 0.5) is 5.13 Å². The van der Waals surface area contributed by atoms with Crippen LogP contribution in [0.3, 0.4) is 0 Å². The SMILES string of the molecule is CCOC(=O)C1CCc2nc(NC(=O)c3ccc(C(C)(C)C)cc3)sc2C1. The average Bonchev–Trinajstić information content (AvgIpc) is 3.02. The van der Waals surface area contributed by atoms with Gasteiger partial charge >= 0.3 is 5.97 Å². The van der Waals surface area contributed by atoms with Gasteiger partial charge in [-0.2, -0.15) is 0 Å². The third kappa shape index (κ3) is 4.56. The number of ether oxygens (including phenoxy) is 1. The van der Waals surface area contributed by atoms with E-state index in [0.29, 0.717) is 23.7 Å². The first kappa shape index (κ1) is 19.5. The summed E-state index contributed by atoms with van der Waals surface area (Å²) in [5, 5.41) is 3.49. The van der Waals surface area contributed by atoms with Crippen molar-refractivity contribution < 1.29 is 14.3 Å². The Morgan fingerprint density at radius 1 is 1.26 bits per heavy atom. The van der Waals surface area contributed by atoms with E-state index >= 15 is 0 Å². The second kappa shape index (κ2) is 7.80. The van der Waals surface area contributed by atoms with Crippen molar-refractivity contribution in [2.75, 3.05) is 11.9 Å². The largest absolute Gasteiger partial charge is 0.466 e. The van der Waals surface area contributed by atoms with Crippen LogP contribution in [0, 0.1) is 5.92 Å². The predicted octanol–water partition coefficient (Wildman–Crippen LogP) is 4.36. The maximum Gasteiger partial charge on any atom is 0.309 e. The Morgan fingerprint density at radius 3 is 2.59 bits per heavy atom. The number of carbonyl (C=O) groups excluding carboxylic acids is 2. The van der Waals surface area contributed by atoms with E-state index < -0.39 is 0 Å². The monoisotopic (exact) mass is 386 g/mol. The van der Waals surface area contributed by atoms with Crippen molar-refractivity contribution in [3.63, 3.8) is 0 Å². The summed E-state index contributed by atoms with van der Waals surface area (Å²) in [6, 6.07) is 7.68. The van der Waals surface area contributed by atoms with Gasteiger partial charge in [-0.15, -0.1) is 11.3 Å². The number of esters is 1. The third-order valence-electron chi connectivity index (χ3n) is 4.79. The van der Waals surface area contributed by atoms with Crippen molar-refractivity contribution in [3.8, 4) is 0 Å². The molecule has 0 saturated carbocycles. The Balaban J connectivity index is 1.67. The van der Waals surface area contributed by atoms with Crippen LogP contribution < -0.4 is 5.32 Å². The summed E-state index contributed by atoms with van der Waals surface area (Å²) in [6.07, 6.45) is 2.13. The van der Waals surface area contributed by atoms with Crippen LogP contribution in [-0.2, 0) is 27.8 Å². The molecule has 27 heavy (non-hydrogen) atoms. The molecule has 2 aromatic rings. The van der Waals surface area contributed by atoms with Crippen molar-refractivity contribution in [3.05, 3.63) is 46.0 Å².